The fraction of sp³-hybridized carbons (Fsp3) is 0.133. The molecule has 0 aliphatic rings. The van der Waals surface area contributed by atoms with Crippen LogP contribution < -0.4 is 5.73 Å². The van der Waals surface area contributed by atoms with Gasteiger partial charge in [-0.2, -0.15) is 0 Å². The topological polar surface area (TPSA) is 58.6 Å². The van der Waals surface area contributed by atoms with Crippen LogP contribution >= 0.6 is 0 Å². The summed E-state index contributed by atoms with van der Waals surface area (Å²) in [4.78, 5) is 0. The highest BCUT2D eigenvalue weighted by Gasteiger charge is 2.11. The molecule has 2 aromatic carbocycles. The van der Waals surface area contributed by atoms with Crippen LogP contribution in [0.4, 0.5) is 0 Å². The lowest BCUT2D eigenvalue weighted by Crippen LogP contribution is -2.16. The van der Waals surface area contributed by atoms with Gasteiger partial charge < -0.3 is 10.9 Å². The number of rotatable bonds is 4. The summed E-state index contributed by atoms with van der Waals surface area (Å²) in [6.45, 7) is 0. The third-order valence-corrected chi connectivity index (χ3v) is 2.87. The molecule has 3 N–H and O–H groups in total. The molecule has 0 heterocycles. The van der Waals surface area contributed by atoms with E-state index in [1.165, 1.54) is 0 Å². The second-order valence-corrected chi connectivity index (χ2v) is 4.13. The standard InChI is InChI=1S/C15H16N2O/c16-14(12-7-3-1-4-8-12)11-15(17-18)13-9-5-2-6-10-13/h1-10,14,18H,11,16H2. The van der Waals surface area contributed by atoms with Gasteiger partial charge in [0.15, 0.2) is 0 Å². The molecular weight excluding hydrogens is 224 g/mol. The average molecular weight is 240 g/mol. The average Bonchev–Trinajstić information content (AvgIpc) is 2.46. The monoisotopic (exact) mass is 240 g/mol. The van der Waals surface area contributed by atoms with Crippen molar-refractivity contribution in [1.82, 2.24) is 0 Å². The second-order valence-electron chi connectivity index (χ2n) is 4.13. The Hall–Kier alpha value is -2.13. The van der Waals surface area contributed by atoms with E-state index in [4.69, 9.17) is 10.9 Å². The highest BCUT2D eigenvalue weighted by molar-refractivity contribution is 6.00. The summed E-state index contributed by atoms with van der Waals surface area (Å²) in [5, 5.41) is 12.5. The van der Waals surface area contributed by atoms with Crippen molar-refractivity contribution < 1.29 is 5.21 Å². The van der Waals surface area contributed by atoms with Crippen molar-refractivity contribution in [2.45, 2.75) is 12.5 Å². The van der Waals surface area contributed by atoms with Gasteiger partial charge >= 0.3 is 0 Å². The Bertz CT molecular complexity index is 509. The maximum absolute atomic E-state index is 9.11. The Balaban J connectivity index is 2.13. The lowest BCUT2D eigenvalue weighted by molar-refractivity contribution is 0.317. The predicted octanol–water partition coefficient (Wildman–Crippen LogP) is 2.96. The van der Waals surface area contributed by atoms with Crippen LogP contribution in [0.25, 0.3) is 0 Å². The molecule has 2 rings (SSSR count). The SMILES string of the molecule is NC(CC(=NO)c1ccccc1)c1ccccc1. The van der Waals surface area contributed by atoms with Crippen molar-refractivity contribution in [2.24, 2.45) is 10.9 Å². The molecule has 3 heteroatoms. The van der Waals surface area contributed by atoms with Crippen molar-refractivity contribution in [2.75, 3.05) is 0 Å². The molecule has 0 saturated heterocycles. The quantitative estimate of drug-likeness (QED) is 0.490. The number of oxime groups is 1. The van der Waals surface area contributed by atoms with E-state index in [1.54, 1.807) is 0 Å². The van der Waals surface area contributed by atoms with Crippen molar-refractivity contribution in [3.05, 3.63) is 71.8 Å². The van der Waals surface area contributed by atoms with Gasteiger partial charge in [0.2, 0.25) is 0 Å². The zero-order valence-electron chi connectivity index (χ0n) is 10.0. The third-order valence-electron chi connectivity index (χ3n) is 2.87. The first-order valence-corrected chi connectivity index (χ1v) is 5.88. The van der Waals surface area contributed by atoms with E-state index in [-0.39, 0.29) is 6.04 Å². The van der Waals surface area contributed by atoms with Gasteiger partial charge in [-0.15, -0.1) is 0 Å². The summed E-state index contributed by atoms with van der Waals surface area (Å²) in [5.41, 5.74) is 8.65. The van der Waals surface area contributed by atoms with Gasteiger partial charge in [-0.1, -0.05) is 65.8 Å². The second kappa shape index (κ2) is 5.98. The minimum absolute atomic E-state index is 0.169. The maximum Gasteiger partial charge on any atom is 0.0886 e. The first-order chi connectivity index (χ1) is 8.81. The van der Waals surface area contributed by atoms with Gasteiger partial charge in [0.05, 0.1) is 5.71 Å². The first kappa shape index (κ1) is 12.3. The third kappa shape index (κ3) is 2.96. The van der Waals surface area contributed by atoms with E-state index in [0.717, 1.165) is 11.1 Å². The van der Waals surface area contributed by atoms with Gasteiger partial charge in [-0.3, -0.25) is 0 Å². The van der Waals surface area contributed by atoms with Crippen LogP contribution in [0.5, 0.6) is 0 Å². The fourth-order valence-electron chi connectivity index (χ4n) is 1.87. The Labute approximate surface area is 107 Å². The number of hydrogen-bond donors (Lipinski definition) is 2. The van der Waals surface area contributed by atoms with Crippen molar-refractivity contribution in [3.8, 4) is 0 Å². The van der Waals surface area contributed by atoms with Gasteiger partial charge in [0.1, 0.15) is 0 Å². The molecule has 2 aromatic rings. The summed E-state index contributed by atoms with van der Waals surface area (Å²) in [6.07, 6.45) is 0.504. The predicted molar refractivity (Wildman–Crippen MR) is 72.8 cm³/mol. The van der Waals surface area contributed by atoms with Gasteiger partial charge in [0, 0.05) is 12.5 Å². The van der Waals surface area contributed by atoms with E-state index in [0.29, 0.717) is 12.1 Å². The smallest absolute Gasteiger partial charge is 0.0886 e. The Kier molecular flexibility index (Phi) is 4.10. The van der Waals surface area contributed by atoms with Gasteiger partial charge in [0.25, 0.3) is 0 Å². The number of benzene rings is 2. The number of nitrogens with two attached hydrogens (primary N) is 1. The summed E-state index contributed by atoms with van der Waals surface area (Å²) in [6, 6.07) is 19.2. The molecular formula is C15H16N2O. The highest BCUT2D eigenvalue weighted by atomic mass is 16.4. The van der Waals surface area contributed by atoms with Crippen LogP contribution in [0.2, 0.25) is 0 Å². The Morgan fingerprint density at radius 1 is 1.00 bits per heavy atom. The van der Waals surface area contributed by atoms with Gasteiger partial charge in [-0.05, 0) is 11.1 Å². The summed E-state index contributed by atoms with van der Waals surface area (Å²) >= 11 is 0. The zero-order chi connectivity index (χ0) is 12.8. The van der Waals surface area contributed by atoms with Crippen LogP contribution in [0.15, 0.2) is 65.8 Å². The normalized spacial score (nSPS) is 13.3. The van der Waals surface area contributed by atoms with E-state index >= 15 is 0 Å². The zero-order valence-corrected chi connectivity index (χ0v) is 10.0. The van der Waals surface area contributed by atoms with Crippen molar-refractivity contribution in [3.63, 3.8) is 0 Å². The van der Waals surface area contributed by atoms with E-state index in [1.807, 2.05) is 60.7 Å². The van der Waals surface area contributed by atoms with Crippen molar-refractivity contribution >= 4 is 5.71 Å². The molecule has 3 nitrogen and oxygen atoms in total. The molecule has 0 saturated carbocycles. The molecule has 0 bridgehead atoms. The number of hydrogen-bond acceptors (Lipinski definition) is 3. The molecule has 0 radical (unpaired) electrons. The molecule has 0 aliphatic heterocycles. The maximum atomic E-state index is 9.11. The molecule has 0 aliphatic carbocycles. The Morgan fingerprint density at radius 2 is 1.56 bits per heavy atom. The minimum Gasteiger partial charge on any atom is -0.411 e. The van der Waals surface area contributed by atoms with Crippen LogP contribution in [0.3, 0.4) is 0 Å². The van der Waals surface area contributed by atoms with Crippen LogP contribution in [-0.4, -0.2) is 10.9 Å². The summed E-state index contributed by atoms with van der Waals surface area (Å²) in [7, 11) is 0. The minimum atomic E-state index is -0.169. The Morgan fingerprint density at radius 3 is 2.11 bits per heavy atom. The fourth-order valence-corrected chi connectivity index (χ4v) is 1.87. The molecule has 1 unspecified atom stereocenters. The lowest BCUT2D eigenvalue weighted by atomic mass is 9.98. The molecule has 0 aromatic heterocycles. The first-order valence-electron chi connectivity index (χ1n) is 5.88. The molecule has 18 heavy (non-hydrogen) atoms. The summed E-state index contributed by atoms with van der Waals surface area (Å²) < 4.78 is 0. The highest BCUT2D eigenvalue weighted by Crippen LogP contribution is 2.17. The van der Waals surface area contributed by atoms with E-state index in [2.05, 4.69) is 5.16 Å². The molecule has 0 amide bonds. The summed E-state index contributed by atoms with van der Waals surface area (Å²) in [5.74, 6) is 0. The van der Waals surface area contributed by atoms with Crippen molar-refractivity contribution in [1.29, 1.82) is 0 Å². The molecule has 1 atom stereocenters. The molecule has 0 fully saturated rings. The number of nitrogens with zero attached hydrogens (tertiary/aromatic N) is 1. The van der Waals surface area contributed by atoms with E-state index < -0.39 is 0 Å². The molecule has 92 valence electrons. The van der Waals surface area contributed by atoms with Gasteiger partial charge in [-0.25, -0.2) is 0 Å². The van der Waals surface area contributed by atoms with E-state index in [9.17, 15) is 0 Å². The molecule has 0 spiro atoms. The van der Waals surface area contributed by atoms with Crippen LogP contribution in [0, 0.1) is 0 Å². The van der Waals surface area contributed by atoms with Crippen LogP contribution in [0.1, 0.15) is 23.6 Å². The van der Waals surface area contributed by atoms with Crippen LogP contribution in [-0.2, 0) is 0 Å². The lowest BCUT2D eigenvalue weighted by Gasteiger charge is -2.13. The largest absolute Gasteiger partial charge is 0.411 e.